The van der Waals surface area contributed by atoms with Gasteiger partial charge in [-0.25, -0.2) is 0 Å². The first-order chi connectivity index (χ1) is 5.24. The lowest BCUT2D eigenvalue weighted by atomic mass is 10.1. The molecule has 2 nitrogen and oxygen atoms in total. The van der Waals surface area contributed by atoms with Gasteiger partial charge in [0.25, 0.3) is 0 Å². The molecule has 0 atom stereocenters. The summed E-state index contributed by atoms with van der Waals surface area (Å²) in [4.78, 5) is 0. The van der Waals surface area contributed by atoms with Gasteiger partial charge in [0.2, 0.25) is 6.79 Å². The van der Waals surface area contributed by atoms with E-state index in [-0.39, 0.29) is 0 Å². The van der Waals surface area contributed by atoms with Crippen LogP contribution in [0.2, 0.25) is 0 Å². The second-order valence-electron chi connectivity index (χ2n) is 2.53. The minimum Gasteiger partial charge on any atom is -0.464 e. The standard InChI is InChI=1S/C9H11O2/c1-7-3-4-8(2)9(5-7)11-6-10/h3-5H,6H2,1-2H3. The summed E-state index contributed by atoms with van der Waals surface area (Å²) in [5, 5.41) is 10.1. The highest BCUT2D eigenvalue weighted by Crippen LogP contribution is 2.18. The van der Waals surface area contributed by atoms with Gasteiger partial charge in [0.15, 0.2) is 0 Å². The molecule has 1 radical (unpaired) electrons. The molecule has 0 N–H and O–H groups in total. The molecule has 11 heavy (non-hydrogen) atoms. The molecule has 1 rings (SSSR count). The second kappa shape index (κ2) is 3.39. The molecule has 0 bridgehead atoms. The van der Waals surface area contributed by atoms with Crippen molar-refractivity contribution in [3.63, 3.8) is 0 Å². The van der Waals surface area contributed by atoms with Crippen LogP contribution in [-0.4, -0.2) is 6.79 Å². The van der Waals surface area contributed by atoms with Crippen LogP contribution in [0.1, 0.15) is 11.1 Å². The van der Waals surface area contributed by atoms with E-state index in [2.05, 4.69) is 0 Å². The smallest absolute Gasteiger partial charge is 0.221 e. The Morgan fingerprint density at radius 3 is 2.73 bits per heavy atom. The van der Waals surface area contributed by atoms with Crippen LogP contribution in [0.5, 0.6) is 5.75 Å². The van der Waals surface area contributed by atoms with E-state index in [1.807, 2.05) is 32.0 Å². The zero-order valence-electron chi connectivity index (χ0n) is 6.76. The van der Waals surface area contributed by atoms with Crippen LogP contribution in [0, 0.1) is 13.8 Å². The number of hydrogen-bond donors (Lipinski definition) is 0. The third-order valence-electron chi connectivity index (χ3n) is 1.56. The summed E-state index contributed by atoms with van der Waals surface area (Å²) in [6, 6.07) is 5.81. The summed E-state index contributed by atoms with van der Waals surface area (Å²) in [6.07, 6.45) is 0. The van der Waals surface area contributed by atoms with E-state index in [1.165, 1.54) is 0 Å². The highest BCUT2D eigenvalue weighted by atomic mass is 16.6. The first-order valence-corrected chi connectivity index (χ1v) is 3.52. The van der Waals surface area contributed by atoms with Gasteiger partial charge in [0, 0.05) is 0 Å². The van der Waals surface area contributed by atoms with Crippen LogP contribution in [0.4, 0.5) is 0 Å². The van der Waals surface area contributed by atoms with Crippen molar-refractivity contribution in [2.24, 2.45) is 0 Å². The summed E-state index contributed by atoms with van der Waals surface area (Å²) < 4.78 is 4.86. The van der Waals surface area contributed by atoms with Crippen LogP contribution < -0.4 is 4.74 Å². The quantitative estimate of drug-likeness (QED) is 0.595. The van der Waals surface area contributed by atoms with E-state index in [0.29, 0.717) is 5.75 Å². The fraction of sp³-hybridized carbons (Fsp3) is 0.333. The fourth-order valence-electron chi connectivity index (χ4n) is 0.926. The molecule has 0 heterocycles. The van der Waals surface area contributed by atoms with E-state index in [9.17, 15) is 5.11 Å². The molecule has 59 valence electrons. The minimum absolute atomic E-state index is 0.510. The Balaban J connectivity index is 2.93. The predicted molar refractivity (Wildman–Crippen MR) is 42.1 cm³/mol. The summed E-state index contributed by atoms with van der Waals surface area (Å²) >= 11 is 0. The van der Waals surface area contributed by atoms with Gasteiger partial charge in [0.1, 0.15) is 5.75 Å². The predicted octanol–water partition coefficient (Wildman–Crippen LogP) is 2.07. The molecule has 1 aromatic rings. The molecule has 0 aromatic heterocycles. The molecule has 0 saturated carbocycles. The molecular formula is C9H11O2. The zero-order valence-corrected chi connectivity index (χ0v) is 6.76. The topological polar surface area (TPSA) is 29.1 Å². The maximum Gasteiger partial charge on any atom is 0.221 e. The molecule has 1 aromatic carbocycles. The van der Waals surface area contributed by atoms with Crippen molar-refractivity contribution in [3.8, 4) is 5.75 Å². The Hall–Kier alpha value is -1.02. The van der Waals surface area contributed by atoms with Crippen molar-refractivity contribution in [1.82, 2.24) is 0 Å². The maximum absolute atomic E-state index is 10.1. The van der Waals surface area contributed by atoms with Gasteiger partial charge >= 0.3 is 0 Å². The lowest BCUT2D eigenvalue weighted by Gasteiger charge is -2.05. The van der Waals surface area contributed by atoms with Crippen LogP contribution in [0.15, 0.2) is 18.2 Å². The van der Waals surface area contributed by atoms with Crippen molar-refractivity contribution in [3.05, 3.63) is 29.3 Å². The SMILES string of the molecule is Cc1ccc(C)c(OC[O])c1. The lowest BCUT2D eigenvalue weighted by Crippen LogP contribution is -1.95. The van der Waals surface area contributed by atoms with E-state index in [1.54, 1.807) is 0 Å². The normalized spacial score (nSPS) is 9.73. The van der Waals surface area contributed by atoms with E-state index >= 15 is 0 Å². The fourth-order valence-corrected chi connectivity index (χ4v) is 0.926. The average Bonchev–Trinajstić information content (AvgIpc) is 1.98. The van der Waals surface area contributed by atoms with Gasteiger partial charge in [-0.3, -0.25) is 0 Å². The van der Waals surface area contributed by atoms with Gasteiger partial charge in [-0.05, 0) is 31.0 Å². The summed E-state index contributed by atoms with van der Waals surface area (Å²) in [5.41, 5.74) is 2.12. The average molecular weight is 151 g/mol. The second-order valence-corrected chi connectivity index (χ2v) is 2.53. The Morgan fingerprint density at radius 2 is 2.09 bits per heavy atom. The van der Waals surface area contributed by atoms with Crippen molar-refractivity contribution < 1.29 is 9.84 Å². The van der Waals surface area contributed by atoms with E-state index in [0.717, 1.165) is 11.1 Å². The summed E-state index contributed by atoms with van der Waals surface area (Å²) in [6.45, 7) is 3.38. The number of ether oxygens (including phenoxy) is 1. The van der Waals surface area contributed by atoms with Gasteiger partial charge in [0.05, 0.1) is 0 Å². The zero-order chi connectivity index (χ0) is 8.27. The Bertz CT molecular complexity index is 243. The molecule has 0 aliphatic heterocycles. The first-order valence-electron chi connectivity index (χ1n) is 3.52. The number of aryl methyl sites for hydroxylation is 2. The molecule has 0 unspecified atom stereocenters. The Labute approximate surface area is 66.4 Å². The molecular weight excluding hydrogens is 140 g/mol. The monoisotopic (exact) mass is 151 g/mol. The van der Waals surface area contributed by atoms with E-state index < -0.39 is 6.79 Å². The molecule has 0 aliphatic carbocycles. The van der Waals surface area contributed by atoms with Crippen LogP contribution in [0.3, 0.4) is 0 Å². The van der Waals surface area contributed by atoms with E-state index in [4.69, 9.17) is 4.74 Å². The van der Waals surface area contributed by atoms with Crippen molar-refractivity contribution in [2.45, 2.75) is 13.8 Å². The maximum atomic E-state index is 10.1. The Morgan fingerprint density at radius 1 is 1.36 bits per heavy atom. The molecule has 0 aliphatic rings. The first kappa shape index (κ1) is 8.08. The van der Waals surface area contributed by atoms with Crippen molar-refractivity contribution in [1.29, 1.82) is 0 Å². The van der Waals surface area contributed by atoms with Gasteiger partial charge < -0.3 is 4.74 Å². The van der Waals surface area contributed by atoms with Crippen molar-refractivity contribution >= 4 is 0 Å². The summed E-state index contributed by atoms with van der Waals surface area (Å²) in [5.74, 6) is 0.694. The third-order valence-corrected chi connectivity index (χ3v) is 1.56. The summed E-state index contributed by atoms with van der Waals surface area (Å²) in [7, 11) is 0. The number of benzene rings is 1. The Kier molecular flexibility index (Phi) is 2.49. The molecule has 0 fully saturated rings. The minimum atomic E-state index is -0.510. The van der Waals surface area contributed by atoms with Crippen molar-refractivity contribution in [2.75, 3.05) is 6.79 Å². The molecule has 0 amide bonds. The van der Waals surface area contributed by atoms with Gasteiger partial charge in [-0.1, -0.05) is 12.1 Å². The van der Waals surface area contributed by atoms with Crippen LogP contribution in [-0.2, 0) is 5.11 Å². The molecule has 0 saturated heterocycles. The van der Waals surface area contributed by atoms with Crippen LogP contribution >= 0.6 is 0 Å². The molecule has 0 spiro atoms. The largest absolute Gasteiger partial charge is 0.464 e. The lowest BCUT2D eigenvalue weighted by molar-refractivity contribution is 0.0371. The third kappa shape index (κ3) is 1.95. The molecule has 2 heteroatoms. The van der Waals surface area contributed by atoms with Gasteiger partial charge in [-0.15, -0.1) is 0 Å². The van der Waals surface area contributed by atoms with Crippen LogP contribution in [0.25, 0.3) is 0 Å². The number of rotatable bonds is 2. The highest BCUT2D eigenvalue weighted by molar-refractivity contribution is 5.35. The van der Waals surface area contributed by atoms with Gasteiger partial charge in [-0.2, -0.15) is 5.11 Å². The highest BCUT2D eigenvalue weighted by Gasteiger charge is 1.97. The number of hydrogen-bond acceptors (Lipinski definition) is 1.